The number of fused-ring (bicyclic) bond motifs is 2. The molecule has 5 rings (SSSR count). The number of hydrogen-bond donors (Lipinski definition) is 0. The lowest BCUT2D eigenvalue weighted by Gasteiger charge is -2.33. The topological polar surface area (TPSA) is 41.4 Å². The Kier molecular flexibility index (Phi) is 5.99. The summed E-state index contributed by atoms with van der Waals surface area (Å²) in [5, 5.41) is 5.13. The number of rotatable bonds is 3. The van der Waals surface area contributed by atoms with Crippen LogP contribution in [-0.4, -0.2) is 33.7 Å². The zero-order valence-electron chi connectivity index (χ0n) is 18.4. The standard InChI is InChI=1S/C24H29BrF2N4O/c1-15(32)29-11-9-21-19(14-29)24(28-31(21)17-7-3-2-4-8-17)30-10-5-6-16-12-20(25)18(23(26)27)13-22(16)30/h12-13,17,23H,2-11,14H2,1H3. The maximum Gasteiger partial charge on any atom is 0.265 e. The van der Waals surface area contributed by atoms with Crippen molar-refractivity contribution in [3.63, 3.8) is 0 Å². The molecule has 1 saturated carbocycles. The number of carbonyl (C=O) groups excluding carboxylic acids is 1. The molecule has 2 aromatic rings. The predicted molar refractivity (Wildman–Crippen MR) is 124 cm³/mol. The highest BCUT2D eigenvalue weighted by molar-refractivity contribution is 9.10. The maximum atomic E-state index is 13.7. The number of carbonyl (C=O) groups is 1. The smallest absolute Gasteiger partial charge is 0.265 e. The molecule has 8 heteroatoms. The molecule has 0 radical (unpaired) electrons. The lowest BCUT2D eigenvalue weighted by atomic mass is 9.95. The van der Waals surface area contributed by atoms with Crippen molar-refractivity contribution in [2.45, 2.75) is 77.3 Å². The molecule has 5 nitrogen and oxygen atoms in total. The van der Waals surface area contributed by atoms with E-state index in [2.05, 4.69) is 25.5 Å². The number of alkyl halides is 2. The molecular weight excluding hydrogens is 478 g/mol. The molecule has 1 aromatic carbocycles. The minimum Gasteiger partial charge on any atom is -0.338 e. The average molecular weight is 507 g/mol. The van der Waals surface area contributed by atoms with Crippen molar-refractivity contribution in [3.8, 4) is 0 Å². The largest absolute Gasteiger partial charge is 0.338 e. The van der Waals surface area contributed by atoms with Gasteiger partial charge in [0.2, 0.25) is 5.91 Å². The minimum atomic E-state index is -2.54. The van der Waals surface area contributed by atoms with Crippen LogP contribution in [0.2, 0.25) is 0 Å². The van der Waals surface area contributed by atoms with Crippen LogP contribution in [-0.2, 0) is 24.2 Å². The molecule has 1 fully saturated rings. The summed E-state index contributed by atoms with van der Waals surface area (Å²) >= 11 is 3.33. The fourth-order valence-corrected chi connectivity index (χ4v) is 6.11. The van der Waals surface area contributed by atoms with Gasteiger partial charge in [-0.15, -0.1) is 0 Å². The predicted octanol–water partition coefficient (Wildman–Crippen LogP) is 6.08. The Bertz CT molecular complexity index is 1030. The first-order chi connectivity index (χ1) is 15.4. The summed E-state index contributed by atoms with van der Waals surface area (Å²) in [5.41, 5.74) is 4.22. The third-order valence-electron chi connectivity index (χ3n) is 7.24. The van der Waals surface area contributed by atoms with Crippen LogP contribution in [0.15, 0.2) is 16.6 Å². The number of hydrogen-bond acceptors (Lipinski definition) is 3. The Morgan fingerprint density at radius 3 is 2.62 bits per heavy atom. The van der Waals surface area contributed by atoms with Crippen LogP contribution in [0.25, 0.3) is 0 Å². The van der Waals surface area contributed by atoms with Crippen LogP contribution in [0.5, 0.6) is 0 Å². The first-order valence-electron chi connectivity index (χ1n) is 11.7. The van der Waals surface area contributed by atoms with Crippen LogP contribution in [0.3, 0.4) is 0 Å². The average Bonchev–Trinajstić information content (AvgIpc) is 3.17. The van der Waals surface area contributed by atoms with E-state index in [-0.39, 0.29) is 11.5 Å². The molecule has 0 unspecified atom stereocenters. The highest BCUT2D eigenvalue weighted by Crippen LogP contribution is 2.43. The second-order valence-electron chi connectivity index (χ2n) is 9.23. The van der Waals surface area contributed by atoms with Crippen molar-refractivity contribution in [2.24, 2.45) is 0 Å². The third kappa shape index (κ3) is 3.84. The van der Waals surface area contributed by atoms with Gasteiger partial charge in [-0.3, -0.25) is 9.48 Å². The molecule has 172 valence electrons. The SMILES string of the molecule is CC(=O)N1CCc2c(c(N3CCCc4cc(Br)c(C(F)F)cc43)nn2C2CCCCC2)C1. The lowest BCUT2D eigenvalue weighted by Crippen LogP contribution is -2.35. The van der Waals surface area contributed by atoms with Gasteiger partial charge in [0.05, 0.1) is 12.6 Å². The number of amides is 1. The van der Waals surface area contributed by atoms with E-state index in [1.807, 2.05) is 11.0 Å². The van der Waals surface area contributed by atoms with E-state index in [1.54, 1.807) is 13.0 Å². The molecule has 0 atom stereocenters. The number of aryl methyl sites for hydroxylation is 1. The molecule has 0 bridgehead atoms. The molecule has 0 N–H and O–H groups in total. The number of anilines is 2. The maximum absolute atomic E-state index is 13.7. The molecule has 2 aliphatic heterocycles. The highest BCUT2D eigenvalue weighted by atomic mass is 79.9. The van der Waals surface area contributed by atoms with E-state index in [0.717, 1.165) is 61.3 Å². The molecule has 0 saturated heterocycles. The summed E-state index contributed by atoms with van der Waals surface area (Å²) in [6, 6.07) is 3.86. The van der Waals surface area contributed by atoms with E-state index in [0.29, 0.717) is 23.6 Å². The van der Waals surface area contributed by atoms with Gasteiger partial charge in [0, 0.05) is 53.4 Å². The quantitative estimate of drug-likeness (QED) is 0.506. The zero-order valence-corrected chi connectivity index (χ0v) is 20.0. The van der Waals surface area contributed by atoms with Crippen molar-refractivity contribution in [1.29, 1.82) is 0 Å². The number of aromatic nitrogens is 2. The van der Waals surface area contributed by atoms with Gasteiger partial charge in [0.1, 0.15) is 0 Å². The van der Waals surface area contributed by atoms with Gasteiger partial charge < -0.3 is 9.80 Å². The zero-order chi connectivity index (χ0) is 22.4. The minimum absolute atomic E-state index is 0.0154. The van der Waals surface area contributed by atoms with E-state index >= 15 is 0 Å². The Hall–Kier alpha value is -1.96. The summed E-state index contributed by atoms with van der Waals surface area (Å²) in [4.78, 5) is 16.2. The Balaban J connectivity index is 1.62. The summed E-state index contributed by atoms with van der Waals surface area (Å²) in [7, 11) is 0. The van der Waals surface area contributed by atoms with Crippen LogP contribution >= 0.6 is 15.9 Å². The first kappa shape index (κ1) is 21.9. The monoisotopic (exact) mass is 506 g/mol. The second-order valence-corrected chi connectivity index (χ2v) is 10.1. The van der Waals surface area contributed by atoms with Crippen LogP contribution in [0, 0.1) is 0 Å². The highest BCUT2D eigenvalue weighted by Gasteiger charge is 2.33. The summed E-state index contributed by atoms with van der Waals surface area (Å²) in [6.45, 7) is 3.60. The van der Waals surface area contributed by atoms with Crippen molar-refractivity contribution < 1.29 is 13.6 Å². The fraction of sp³-hybridized carbons (Fsp3) is 0.583. The molecule has 1 aromatic heterocycles. The van der Waals surface area contributed by atoms with Crippen molar-refractivity contribution >= 4 is 33.3 Å². The lowest BCUT2D eigenvalue weighted by molar-refractivity contribution is -0.129. The number of benzene rings is 1. The van der Waals surface area contributed by atoms with E-state index < -0.39 is 6.43 Å². The molecular formula is C24H29BrF2N4O. The van der Waals surface area contributed by atoms with Gasteiger partial charge in [-0.1, -0.05) is 35.2 Å². The molecule has 32 heavy (non-hydrogen) atoms. The Morgan fingerprint density at radius 1 is 1.12 bits per heavy atom. The van der Waals surface area contributed by atoms with Gasteiger partial charge in [-0.2, -0.15) is 5.10 Å². The molecule has 0 spiro atoms. The third-order valence-corrected chi connectivity index (χ3v) is 7.92. The fourth-order valence-electron chi connectivity index (χ4n) is 5.55. The van der Waals surface area contributed by atoms with E-state index in [1.165, 1.54) is 25.0 Å². The summed E-state index contributed by atoms with van der Waals surface area (Å²) < 4.78 is 30.0. The van der Waals surface area contributed by atoms with Crippen molar-refractivity contribution in [2.75, 3.05) is 18.0 Å². The van der Waals surface area contributed by atoms with Crippen LogP contribution in [0.1, 0.15) is 80.3 Å². The summed E-state index contributed by atoms with van der Waals surface area (Å²) in [5.74, 6) is 0.912. The van der Waals surface area contributed by atoms with Gasteiger partial charge in [0.25, 0.3) is 6.43 Å². The van der Waals surface area contributed by atoms with Crippen LogP contribution < -0.4 is 4.90 Å². The van der Waals surface area contributed by atoms with Crippen molar-refractivity contribution in [1.82, 2.24) is 14.7 Å². The van der Waals surface area contributed by atoms with E-state index in [9.17, 15) is 13.6 Å². The first-order valence-corrected chi connectivity index (χ1v) is 12.5. The number of nitrogens with zero attached hydrogens (tertiary/aromatic N) is 4. The van der Waals surface area contributed by atoms with Gasteiger partial charge >= 0.3 is 0 Å². The molecule has 1 amide bonds. The molecule has 3 aliphatic rings. The molecule has 1 aliphatic carbocycles. The number of halogens is 3. The normalized spacial score (nSPS) is 19.3. The Labute approximate surface area is 195 Å². The van der Waals surface area contributed by atoms with Crippen molar-refractivity contribution in [3.05, 3.63) is 39.0 Å². The molecule has 3 heterocycles. The van der Waals surface area contributed by atoms with Gasteiger partial charge in [0.15, 0.2) is 5.82 Å². The van der Waals surface area contributed by atoms with Crippen LogP contribution in [0.4, 0.5) is 20.3 Å². The van der Waals surface area contributed by atoms with E-state index in [4.69, 9.17) is 5.10 Å². The van der Waals surface area contributed by atoms with Gasteiger partial charge in [-0.25, -0.2) is 8.78 Å². The summed E-state index contributed by atoms with van der Waals surface area (Å²) in [6.07, 6.45) is 6.01. The Morgan fingerprint density at radius 2 is 1.91 bits per heavy atom. The second kappa shape index (κ2) is 8.76. The van der Waals surface area contributed by atoms with Gasteiger partial charge in [-0.05, 0) is 43.4 Å².